The van der Waals surface area contributed by atoms with Crippen molar-refractivity contribution in [3.8, 4) is 51.7 Å². The van der Waals surface area contributed by atoms with Crippen molar-refractivity contribution in [3.05, 3.63) is 204 Å². The molecule has 2 heterocycles. The Labute approximate surface area is 334 Å². The summed E-state index contributed by atoms with van der Waals surface area (Å²) >= 11 is 0. The van der Waals surface area contributed by atoms with E-state index in [0.717, 1.165) is 38.9 Å². The van der Waals surface area contributed by atoms with Crippen molar-refractivity contribution in [3.63, 3.8) is 0 Å². The Hall–Kier alpha value is -8.82. The summed E-state index contributed by atoms with van der Waals surface area (Å²) in [5.74, 6) is 0.321. The summed E-state index contributed by atoms with van der Waals surface area (Å²) in [6.07, 6.45) is 0. The van der Waals surface area contributed by atoms with Gasteiger partial charge in [-0.05, 0) is 84.4 Å². The van der Waals surface area contributed by atoms with Crippen LogP contribution in [0.3, 0.4) is 0 Å². The molecule has 58 heavy (non-hydrogen) atoms. The van der Waals surface area contributed by atoms with Crippen molar-refractivity contribution in [1.82, 2.24) is 14.5 Å². The summed E-state index contributed by atoms with van der Waals surface area (Å²) in [6, 6.07) is 59.2. The molecule has 0 aliphatic carbocycles. The second kappa shape index (κ2) is 14.8. The number of para-hydroxylation sites is 3. The highest BCUT2D eigenvalue weighted by Crippen LogP contribution is 2.41. The van der Waals surface area contributed by atoms with Gasteiger partial charge in [0.15, 0.2) is 17.2 Å². The first kappa shape index (κ1) is 34.9. The first-order chi connectivity index (χ1) is 28.6. The molecule has 0 saturated carbocycles. The van der Waals surface area contributed by atoms with Crippen molar-refractivity contribution in [2.24, 2.45) is 0 Å². The third-order valence-corrected chi connectivity index (χ3v) is 10.1. The number of benzene rings is 7. The smallest absolute Gasteiger partial charge is 0.187 e. The van der Waals surface area contributed by atoms with E-state index in [-0.39, 0.29) is 11.1 Å². The van der Waals surface area contributed by atoms with E-state index in [1.807, 2.05) is 66.7 Å². The standard InChI is InChI=1S/C50H28N8/c1-53-37-15-11-13-33(25-37)45-30-46(56-50(55-45)34-14-12-16-38(26-34)54-2)49-35(31-51)27-42(28-36(49)32-52)58-47-22-10-9-21-43(47)44-29-41(23-24-48(44)58)57(39-17-5-3-6-18-39)40-19-7-4-8-20-40/h3-30H. The van der Waals surface area contributed by atoms with Gasteiger partial charge in [-0.15, -0.1) is 0 Å². The summed E-state index contributed by atoms with van der Waals surface area (Å²) < 4.78 is 2.10. The van der Waals surface area contributed by atoms with Crippen LogP contribution in [0.4, 0.5) is 28.4 Å². The van der Waals surface area contributed by atoms with Crippen molar-refractivity contribution < 1.29 is 0 Å². The molecule has 0 bridgehead atoms. The number of rotatable bonds is 7. The van der Waals surface area contributed by atoms with E-state index in [1.165, 1.54) is 0 Å². The second-order valence-electron chi connectivity index (χ2n) is 13.5. The van der Waals surface area contributed by atoms with Gasteiger partial charge >= 0.3 is 0 Å². The van der Waals surface area contributed by atoms with Crippen molar-refractivity contribution in [2.45, 2.75) is 0 Å². The van der Waals surface area contributed by atoms with E-state index < -0.39 is 0 Å². The largest absolute Gasteiger partial charge is 0.310 e. The van der Waals surface area contributed by atoms with Gasteiger partial charge in [-0.1, -0.05) is 91.0 Å². The lowest BCUT2D eigenvalue weighted by Gasteiger charge is -2.25. The maximum Gasteiger partial charge on any atom is 0.187 e. The molecule has 0 amide bonds. The lowest BCUT2D eigenvalue weighted by molar-refractivity contribution is 1.16. The predicted molar refractivity (Wildman–Crippen MR) is 229 cm³/mol. The van der Waals surface area contributed by atoms with Gasteiger partial charge < -0.3 is 9.47 Å². The van der Waals surface area contributed by atoms with E-state index in [9.17, 15) is 10.5 Å². The zero-order chi connectivity index (χ0) is 39.6. The van der Waals surface area contributed by atoms with Crippen molar-refractivity contribution >= 4 is 50.2 Å². The number of aromatic nitrogens is 3. The molecule has 0 spiro atoms. The first-order valence-corrected chi connectivity index (χ1v) is 18.3. The molecule has 0 aliphatic heterocycles. The summed E-state index contributed by atoms with van der Waals surface area (Å²) in [7, 11) is 0. The Morgan fingerprint density at radius 2 is 1.07 bits per heavy atom. The van der Waals surface area contributed by atoms with Crippen LogP contribution in [-0.4, -0.2) is 14.5 Å². The summed E-state index contributed by atoms with van der Waals surface area (Å²) in [5.41, 5.74) is 9.45. The van der Waals surface area contributed by atoms with Crippen molar-refractivity contribution in [2.75, 3.05) is 4.90 Å². The van der Waals surface area contributed by atoms with Crippen LogP contribution >= 0.6 is 0 Å². The van der Waals surface area contributed by atoms with E-state index in [1.54, 1.807) is 54.6 Å². The van der Waals surface area contributed by atoms with Crippen LogP contribution in [-0.2, 0) is 0 Å². The van der Waals surface area contributed by atoms with Crippen LogP contribution in [0.5, 0.6) is 0 Å². The molecule has 7 aromatic carbocycles. The van der Waals surface area contributed by atoms with Crippen LogP contribution < -0.4 is 4.90 Å². The van der Waals surface area contributed by atoms with Gasteiger partial charge in [0, 0.05) is 44.6 Å². The normalized spacial score (nSPS) is 10.7. The minimum absolute atomic E-state index is 0.261. The van der Waals surface area contributed by atoms with Gasteiger partial charge in [-0.25, -0.2) is 19.7 Å². The number of nitriles is 2. The second-order valence-corrected chi connectivity index (χ2v) is 13.5. The number of hydrogen-bond acceptors (Lipinski definition) is 5. The summed E-state index contributed by atoms with van der Waals surface area (Å²) in [6.45, 7) is 15.1. The Morgan fingerprint density at radius 1 is 0.500 bits per heavy atom. The lowest BCUT2D eigenvalue weighted by Crippen LogP contribution is -2.09. The minimum Gasteiger partial charge on any atom is -0.310 e. The lowest BCUT2D eigenvalue weighted by atomic mass is 9.96. The van der Waals surface area contributed by atoms with E-state index >= 15 is 0 Å². The highest BCUT2D eigenvalue weighted by atomic mass is 15.1. The highest BCUT2D eigenvalue weighted by molar-refractivity contribution is 6.11. The van der Waals surface area contributed by atoms with Gasteiger partial charge in [0.25, 0.3) is 0 Å². The molecular weight excluding hydrogens is 713 g/mol. The molecule has 0 N–H and O–H groups in total. The Bertz CT molecular complexity index is 3080. The molecule has 8 heteroatoms. The molecule has 268 valence electrons. The molecule has 8 nitrogen and oxygen atoms in total. The monoisotopic (exact) mass is 740 g/mol. The Morgan fingerprint density at radius 3 is 1.71 bits per heavy atom. The van der Waals surface area contributed by atoms with Crippen LogP contribution in [0.2, 0.25) is 0 Å². The maximum atomic E-state index is 10.8. The molecule has 0 aliphatic rings. The van der Waals surface area contributed by atoms with Crippen LogP contribution in [0, 0.1) is 35.8 Å². The average Bonchev–Trinajstić information content (AvgIpc) is 3.63. The van der Waals surface area contributed by atoms with Gasteiger partial charge in [0.05, 0.1) is 58.8 Å². The van der Waals surface area contributed by atoms with Gasteiger partial charge in [0.1, 0.15) is 0 Å². The van der Waals surface area contributed by atoms with Gasteiger partial charge in [-0.3, -0.25) is 0 Å². The number of nitrogens with zero attached hydrogens (tertiary/aromatic N) is 8. The Balaban J connectivity index is 1.24. The predicted octanol–water partition coefficient (Wildman–Crippen LogP) is 12.9. The highest BCUT2D eigenvalue weighted by Gasteiger charge is 2.22. The van der Waals surface area contributed by atoms with Crippen LogP contribution in [0.1, 0.15) is 11.1 Å². The van der Waals surface area contributed by atoms with Gasteiger partial charge in [0.2, 0.25) is 0 Å². The SMILES string of the molecule is [C-]#[N+]c1cccc(-c2cc(-c3c(C#N)cc(-n4c5ccccc5c5cc(N(c6ccccc6)c6ccccc6)ccc54)cc3C#N)nc(-c3cccc([N+]#[C-])c3)n2)c1. The summed E-state index contributed by atoms with van der Waals surface area (Å²) in [5, 5.41) is 23.6. The maximum absolute atomic E-state index is 10.8. The molecule has 0 unspecified atom stereocenters. The number of anilines is 3. The van der Waals surface area contributed by atoms with Crippen LogP contribution in [0.25, 0.3) is 71.1 Å². The third kappa shape index (κ3) is 6.22. The fourth-order valence-electron chi connectivity index (χ4n) is 7.49. The third-order valence-electron chi connectivity index (χ3n) is 10.1. The molecule has 2 aromatic heterocycles. The molecule has 0 atom stereocenters. The van der Waals surface area contributed by atoms with Gasteiger partial charge in [-0.2, -0.15) is 10.5 Å². The number of fused-ring (bicyclic) bond motifs is 3. The number of hydrogen-bond donors (Lipinski definition) is 0. The average molecular weight is 741 g/mol. The molecule has 9 aromatic rings. The molecule has 0 saturated heterocycles. The quantitative estimate of drug-likeness (QED) is 0.152. The zero-order valence-corrected chi connectivity index (χ0v) is 30.7. The molecule has 0 fully saturated rings. The van der Waals surface area contributed by atoms with E-state index in [4.69, 9.17) is 23.1 Å². The fraction of sp³-hybridized carbons (Fsp3) is 0. The zero-order valence-electron chi connectivity index (χ0n) is 30.7. The van der Waals surface area contributed by atoms with E-state index in [2.05, 4.69) is 79.8 Å². The molecule has 9 rings (SSSR count). The van der Waals surface area contributed by atoms with Crippen molar-refractivity contribution in [1.29, 1.82) is 10.5 Å². The molecular formula is C50H28N8. The molecule has 0 radical (unpaired) electrons. The van der Waals surface area contributed by atoms with E-state index in [0.29, 0.717) is 51.0 Å². The first-order valence-electron chi connectivity index (χ1n) is 18.3. The fourth-order valence-corrected chi connectivity index (χ4v) is 7.49. The van der Waals surface area contributed by atoms with Crippen LogP contribution in [0.15, 0.2) is 170 Å². The Kier molecular flexibility index (Phi) is 8.90. The summed E-state index contributed by atoms with van der Waals surface area (Å²) in [4.78, 5) is 19.2. The topological polar surface area (TPSA) is 90.2 Å². The minimum atomic E-state index is 0.261.